The van der Waals surface area contributed by atoms with Crippen molar-refractivity contribution in [2.75, 3.05) is 13.7 Å². The smallest absolute Gasteiger partial charge is 0.358 e. The first-order chi connectivity index (χ1) is 8.61. The molecule has 6 nitrogen and oxygen atoms in total. The minimum absolute atomic E-state index is 0. The summed E-state index contributed by atoms with van der Waals surface area (Å²) in [6, 6.07) is 0. The van der Waals surface area contributed by atoms with Crippen molar-refractivity contribution >= 4 is 23.4 Å². The van der Waals surface area contributed by atoms with Crippen LogP contribution in [0.25, 0.3) is 0 Å². The summed E-state index contributed by atoms with van der Waals surface area (Å²) in [4.78, 5) is 9.91. The van der Waals surface area contributed by atoms with Gasteiger partial charge in [-0.15, -0.1) is 5.10 Å². The summed E-state index contributed by atoms with van der Waals surface area (Å²) >= 11 is 5.64. The molecule has 1 rings (SSSR count). The number of halogens is 1. The van der Waals surface area contributed by atoms with Crippen LogP contribution in [0.5, 0.6) is 0 Å². The molecule has 0 atom stereocenters. The van der Waals surface area contributed by atoms with E-state index in [1.807, 2.05) is 0 Å². The van der Waals surface area contributed by atoms with Crippen LogP contribution in [0.15, 0.2) is 21.8 Å². The van der Waals surface area contributed by atoms with Gasteiger partial charge in [-0.3, -0.25) is 5.01 Å². The predicted octanol–water partition coefficient (Wildman–Crippen LogP) is 1.06. The van der Waals surface area contributed by atoms with Crippen LogP contribution >= 0.6 is 11.6 Å². The maximum atomic E-state index is 11.2. The summed E-state index contributed by atoms with van der Waals surface area (Å²) in [6.45, 7) is 6.85. The average Bonchev–Trinajstić information content (AvgIpc) is 2.58. The number of likely N-dealkylation sites (N-methyl/N-ethyl adjacent to an activating group) is 1. The molecular formula is C12H17ClN2O4Zn-. The molecule has 0 spiro atoms. The van der Waals surface area contributed by atoms with E-state index in [1.165, 1.54) is 5.01 Å². The number of rotatable bonds is 2. The first-order valence-corrected chi connectivity index (χ1v) is 5.97. The maximum absolute atomic E-state index is 11.2. The number of ether oxygens (including phenoxy) is 1. The van der Waals surface area contributed by atoms with E-state index in [2.05, 4.69) is 11.0 Å². The van der Waals surface area contributed by atoms with Crippen LogP contribution in [0.4, 0.5) is 0 Å². The minimum atomic E-state index is -1.01. The van der Waals surface area contributed by atoms with Crippen LogP contribution in [0, 0.1) is 5.41 Å². The van der Waals surface area contributed by atoms with Gasteiger partial charge in [-0.05, 0) is 6.92 Å². The third-order valence-corrected chi connectivity index (χ3v) is 2.17. The summed E-state index contributed by atoms with van der Waals surface area (Å²) in [7, 11) is 1.61. The zero-order chi connectivity index (χ0) is 15.2. The van der Waals surface area contributed by atoms with Crippen molar-refractivity contribution in [2.24, 2.45) is 10.5 Å². The molecule has 0 aromatic carbocycles. The molecule has 0 saturated heterocycles. The van der Waals surface area contributed by atoms with E-state index in [1.54, 1.807) is 34.7 Å². The number of hydrogen-bond donors (Lipinski definition) is 0. The predicted molar refractivity (Wildman–Crippen MR) is 68.4 cm³/mol. The van der Waals surface area contributed by atoms with E-state index in [4.69, 9.17) is 16.3 Å². The Morgan fingerprint density at radius 3 is 2.20 bits per heavy atom. The van der Waals surface area contributed by atoms with Crippen molar-refractivity contribution < 1.29 is 39.2 Å². The van der Waals surface area contributed by atoms with E-state index in [9.17, 15) is 15.0 Å². The summed E-state index contributed by atoms with van der Waals surface area (Å²) in [5, 5.41) is 26.3. The standard InChI is InChI=1S/C7H8ClN2O2.C5H10O2.Zn/c1-3-12-7(11)6-5(8)4-9-10(6)2;1-5(2,3)4(6)7;/h3H2,1-2H3;1-3H3,(H,6,7);/p-1. The first-order valence-electron chi connectivity index (χ1n) is 5.60. The van der Waals surface area contributed by atoms with Crippen LogP contribution < -0.4 is 5.11 Å². The molecule has 1 radical (unpaired) electrons. The molecule has 109 valence electrons. The number of carbonyl (C=O) groups is 1. The van der Waals surface area contributed by atoms with Crippen LogP contribution in [0.3, 0.4) is 0 Å². The molecular weight excluding hydrogens is 337 g/mol. The van der Waals surface area contributed by atoms with Crippen molar-refractivity contribution in [3.05, 3.63) is 16.7 Å². The molecule has 1 aliphatic rings. The Balaban J connectivity index is 0. The van der Waals surface area contributed by atoms with Crippen molar-refractivity contribution in [3.8, 4) is 0 Å². The topological polar surface area (TPSA) is 84.9 Å². The fraction of sp³-hybridized carbons (Fsp3) is 0.583. The van der Waals surface area contributed by atoms with E-state index in [-0.39, 0.29) is 30.2 Å². The summed E-state index contributed by atoms with van der Waals surface area (Å²) in [6.07, 6.45) is 0. The van der Waals surface area contributed by atoms with Gasteiger partial charge in [0.2, 0.25) is 0 Å². The number of carboxylic acids is 1. The zero-order valence-electron chi connectivity index (χ0n) is 12.3. The SMILES string of the molecule is CC(C)(C)C(=O)[O-].CCOC([O])=C1C(Cl)=C=NN1C.[Zn]. The summed E-state index contributed by atoms with van der Waals surface area (Å²) < 4.78 is 4.74. The third kappa shape index (κ3) is 6.94. The van der Waals surface area contributed by atoms with E-state index in [0.717, 1.165) is 0 Å². The molecule has 8 heteroatoms. The molecule has 0 aromatic heterocycles. The third-order valence-electron chi connectivity index (χ3n) is 1.91. The van der Waals surface area contributed by atoms with Gasteiger partial charge in [0, 0.05) is 43.8 Å². The molecule has 0 aromatic rings. The number of allylic oxidation sites excluding steroid dienone is 1. The Morgan fingerprint density at radius 1 is 1.50 bits per heavy atom. The maximum Gasteiger partial charge on any atom is 0.358 e. The second-order valence-corrected chi connectivity index (χ2v) is 5.03. The second kappa shape index (κ2) is 9.01. The van der Waals surface area contributed by atoms with Crippen molar-refractivity contribution in [2.45, 2.75) is 27.7 Å². The molecule has 20 heavy (non-hydrogen) atoms. The van der Waals surface area contributed by atoms with Gasteiger partial charge in [-0.25, -0.2) is 5.11 Å². The largest absolute Gasteiger partial charge is 0.550 e. The summed E-state index contributed by atoms with van der Waals surface area (Å²) in [5.74, 6) is 0.973. The van der Waals surface area contributed by atoms with Gasteiger partial charge in [0.15, 0.2) is 5.70 Å². The number of aliphatic carboxylic acids is 1. The van der Waals surface area contributed by atoms with Gasteiger partial charge in [-0.2, -0.15) is 0 Å². The van der Waals surface area contributed by atoms with Crippen molar-refractivity contribution in [1.82, 2.24) is 5.01 Å². The Hall–Kier alpha value is -1.03. The first kappa shape index (κ1) is 21.3. The van der Waals surface area contributed by atoms with Gasteiger partial charge in [0.25, 0.3) is 0 Å². The zero-order valence-corrected chi connectivity index (χ0v) is 16.0. The van der Waals surface area contributed by atoms with Gasteiger partial charge in [0.1, 0.15) is 5.03 Å². The van der Waals surface area contributed by atoms with Crippen LogP contribution in [0.2, 0.25) is 0 Å². The molecule has 0 saturated carbocycles. The Morgan fingerprint density at radius 2 is 1.95 bits per heavy atom. The Bertz CT molecular complexity index is 437. The molecule has 0 aliphatic carbocycles. The number of carboxylic acid groups (broad SMARTS) is 1. The Labute approximate surface area is 136 Å². The van der Waals surface area contributed by atoms with Gasteiger partial charge in [-0.1, -0.05) is 32.4 Å². The average molecular weight is 354 g/mol. The van der Waals surface area contributed by atoms with E-state index >= 15 is 0 Å². The monoisotopic (exact) mass is 352 g/mol. The van der Waals surface area contributed by atoms with Crippen LogP contribution in [-0.4, -0.2) is 30.5 Å². The van der Waals surface area contributed by atoms with Crippen LogP contribution in [0.1, 0.15) is 27.7 Å². The Kier molecular flexibility index (Phi) is 9.58. The van der Waals surface area contributed by atoms with Crippen molar-refractivity contribution in [1.29, 1.82) is 0 Å². The number of nitrogens with zero attached hydrogens (tertiary/aromatic N) is 2. The minimum Gasteiger partial charge on any atom is -0.550 e. The quantitative estimate of drug-likeness (QED) is 0.548. The number of carbonyl (C=O) groups excluding carboxylic acids is 1. The normalized spacial score (nSPS) is 15.7. The fourth-order valence-electron chi connectivity index (χ4n) is 0.785. The van der Waals surface area contributed by atoms with Gasteiger partial charge >= 0.3 is 5.95 Å². The fourth-order valence-corrected chi connectivity index (χ4v) is 1.02. The molecule has 0 N–H and O–H groups in total. The molecule has 1 aliphatic heterocycles. The van der Waals surface area contributed by atoms with Crippen LogP contribution in [-0.2, 0) is 34.1 Å². The van der Waals surface area contributed by atoms with E-state index < -0.39 is 17.3 Å². The molecule has 0 fully saturated rings. The molecule has 0 unspecified atom stereocenters. The van der Waals surface area contributed by atoms with Gasteiger partial charge in [0.05, 0.1) is 6.61 Å². The molecule has 1 heterocycles. The molecule has 0 amide bonds. The van der Waals surface area contributed by atoms with Crippen molar-refractivity contribution in [3.63, 3.8) is 0 Å². The number of hydrogen-bond acceptors (Lipinski definition) is 5. The van der Waals surface area contributed by atoms with Gasteiger partial charge < -0.3 is 14.6 Å². The number of hydrazone groups is 1. The molecule has 0 bridgehead atoms. The van der Waals surface area contributed by atoms with E-state index in [0.29, 0.717) is 6.61 Å². The summed E-state index contributed by atoms with van der Waals surface area (Å²) in [5.41, 5.74) is -0.460. The second-order valence-electron chi connectivity index (χ2n) is 4.66.